The van der Waals surface area contributed by atoms with E-state index in [9.17, 15) is 4.79 Å². The Hall–Kier alpha value is -1.38. The van der Waals surface area contributed by atoms with Gasteiger partial charge in [-0.1, -0.05) is 32.1 Å². The summed E-state index contributed by atoms with van der Waals surface area (Å²) in [7, 11) is 0. The second-order valence-corrected chi connectivity index (χ2v) is 11.2. The lowest BCUT2D eigenvalue weighted by atomic mass is 9.73. The van der Waals surface area contributed by atoms with Crippen LogP contribution in [0.25, 0.3) is 0 Å². The van der Waals surface area contributed by atoms with E-state index in [0.717, 1.165) is 49.5 Å². The first-order valence-corrected chi connectivity index (χ1v) is 13.0. The van der Waals surface area contributed by atoms with Crippen LogP contribution in [0.1, 0.15) is 113 Å². The van der Waals surface area contributed by atoms with Gasteiger partial charge in [0, 0.05) is 24.0 Å². The summed E-state index contributed by atoms with van der Waals surface area (Å²) >= 11 is 0. The van der Waals surface area contributed by atoms with Crippen molar-refractivity contribution in [3.8, 4) is 5.75 Å². The number of ether oxygens (including phenoxy) is 1. The molecule has 5 rings (SSSR count). The topological polar surface area (TPSA) is 26.3 Å². The third kappa shape index (κ3) is 4.71. The molecule has 2 nitrogen and oxygen atoms in total. The molecule has 0 radical (unpaired) electrons. The predicted molar refractivity (Wildman–Crippen MR) is 122 cm³/mol. The number of ketones is 1. The third-order valence-electron chi connectivity index (χ3n) is 9.21. The number of aryl methyl sites for hydroxylation is 1. The summed E-state index contributed by atoms with van der Waals surface area (Å²) in [6.45, 7) is 1.95. The molecule has 0 bridgehead atoms. The highest BCUT2D eigenvalue weighted by Crippen LogP contribution is 2.56. The molecule has 0 N–H and O–H groups in total. The molecule has 4 aliphatic rings. The summed E-state index contributed by atoms with van der Waals surface area (Å²) < 4.78 is 21.5. The summed E-state index contributed by atoms with van der Waals surface area (Å²) in [6.07, 6.45) is 18.0. The highest BCUT2D eigenvalue weighted by molar-refractivity contribution is 5.86. The normalized spacial score (nSPS) is 31.4. The molecular weight excluding hydrogens is 387 g/mol. The molecule has 4 saturated carbocycles. The number of benzene rings is 1. The molecule has 3 heteroatoms. The number of hydrogen-bond acceptors (Lipinski definition) is 2. The van der Waals surface area contributed by atoms with Crippen LogP contribution in [-0.4, -0.2) is 11.9 Å². The number of halogens is 1. The maximum absolute atomic E-state index is 15.2. The standard InChI is InChI=1S/C28H39FO2/c1-19-17-23(31-22-9-7-21(8-10-22)20-5-3-2-4-6-20)18-25(29)27(19)24-11-13-28(15-16-28)14-12-26(24)30/h17-18,20-22,24H,2-16H2,1H3/t21?,22?,24-/m0/s1. The van der Waals surface area contributed by atoms with Gasteiger partial charge >= 0.3 is 0 Å². The summed E-state index contributed by atoms with van der Waals surface area (Å²) in [5.74, 6) is 2.19. The Balaban J connectivity index is 1.22. The van der Waals surface area contributed by atoms with Crippen molar-refractivity contribution in [2.24, 2.45) is 17.3 Å². The van der Waals surface area contributed by atoms with E-state index in [4.69, 9.17) is 4.74 Å². The fourth-order valence-corrected chi connectivity index (χ4v) is 6.99. The molecule has 4 aliphatic carbocycles. The molecule has 0 unspecified atom stereocenters. The first-order chi connectivity index (χ1) is 15.0. The number of carbonyl (C=O) groups is 1. The van der Waals surface area contributed by atoms with Gasteiger partial charge < -0.3 is 4.74 Å². The number of rotatable bonds is 4. The van der Waals surface area contributed by atoms with Gasteiger partial charge in [-0.05, 0) is 93.6 Å². The number of hydrogen-bond donors (Lipinski definition) is 0. The summed E-state index contributed by atoms with van der Waals surface area (Å²) in [6, 6.07) is 3.54. The van der Waals surface area contributed by atoms with Crippen LogP contribution in [0.15, 0.2) is 12.1 Å². The first kappa shape index (κ1) is 21.5. The maximum Gasteiger partial charge on any atom is 0.140 e. The Bertz CT molecular complexity index is 774. The van der Waals surface area contributed by atoms with Crippen molar-refractivity contribution < 1.29 is 13.9 Å². The van der Waals surface area contributed by atoms with Crippen LogP contribution in [0.3, 0.4) is 0 Å². The second kappa shape index (κ2) is 8.87. The van der Waals surface area contributed by atoms with Crippen molar-refractivity contribution in [2.45, 2.75) is 115 Å². The zero-order valence-corrected chi connectivity index (χ0v) is 19.3. The van der Waals surface area contributed by atoms with Gasteiger partial charge in [0.05, 0.1) is 6.10 Å². The van der Waals surface area contributed by atoms with Crippen LogP contribution >= 0.6 is 0 Å². The molecule has 0 heterocycles. The Morgan fingerprint density at radius 1 is 0.871 bits per heavy atom. The van der Waals surface area contributed by atoms with Gasteiger partial charge in [-0.2, -0.15) is 0 Å². The molecule has 1 spiro atoms. The Kier molecular flexibility index (Phi) is 6.14. The molecule has 1 atom stereocenters. The van der Waals surface area contributed by atoms with E-state index in [1.54, 1.807) is 6.07 Å². The fraction of sp³-hybridized carbons (Fsp3) is 0.750. The van der Waals surface area contributed by atoms with Crippen LogP contribution < -0.4 is 4.74 Å². The van der Waals surface area contributed by atoms with Gasteiger partial charge in [-0.3, -0.25) is 4.79 Å². The summed E-state index contributed by atoms with van der Waals surface area (Å²) in [5, 5.41) is 0. The zero-order chi connectivity index (χ0) is 21.4. The maximum atomic E-state index is 15.2. The predicted octanol–water partition coefficient (Wildman–Crippen LogP) is 7.66. The van der Waals surface area contributed by atoms with Crippen LogP contribution in [0.4, 0.5) is 4.39 Å². The average Bonchev–Trinajstić information content (AvgIpc) is 3.57. The number of carbonyl (C=O) groups excluding carboxylic acids is 1. The highest BCUT2D eigenvalue weighted by atomic mass is 19.1. The Labute approximate surface area is 187 Å². The van der Waals surface area contributed by atoms with E-state index in [-0.39, 0.29) is 23.6 Å². The van der Waals surface area contributed by atoms with Gasteiger partial charge in [-0.25, -0.2) is 4.39 Å². The smallest absolute Gasteiger partial charge is 0.140 e. The van der Waals surface area contributed by atoms with Crippen LogP contribution in [-0.2, 0) is 4.79 Å². The van der Waals surface area contributed by atoms with Gasteiger partial charge in [0.15, 0.2) is 0 Å². The lowest BCUT2D eigenvalue weighted by molar-refractivity contribution is -0.120. The lowest BCUT2D eigenvalue weighted by Crippen LogP contribution is -2.28. The average molecular weight is 427 g/mol. The van der Waals surface area contributed by atoms with E-state index in [1.807, 2.05) is 13.0 Å². The Morgan fingerprint density at radius 2 is 1.58 bits per heavy atom. The molecule has 170 valence electrons. The molecule has 0 aliphatic heterocycles. The van der Waals surface area contributed by atoms with Crippen molar-refractivity contribution in [1.82, 2.24) is 0 Å². The SMILES string of the molecule is Cc1cc(OC2CCC(C3CCCCC3)CC2)cc(F)c1[C@H]1CCC2(CCC1=O)CC2. The van der Waals surface area contributed by atoms with E-state index in [0.29, 0.717) is 23.1 Å². The summed E-state index contributed by atoms with van der Waals surface area (Å²) in [5.41, 5.74) is 1.93. The van der Waals surface area contributed by atoms with Crippen molar-refractivity contribution >= 4 is 5.78 Å². The van der Waals surface area contributed by atoms with Gasteiger partial charge in [0.2, 0.25) is 0 Å². The van der Waals surface area contributed by atoms with Crippen molar-refractivity contribution in [3.63, 3.8) is 0 Å². The van der Waals surface area contributed by atoms with Crippen LogP contribution in [0.2, 0.25) is 0 Å². The second-order valence-electron chi connectivity index (χ2n) is 11.2. The zero-order valence-electron chi connectivity index (χ0n) is 19.3. The van der Waals surface area contributed by atoms with E-state index in [2.05, 4.69) is 0 Å². The molecule has 0 amide bonds. The van der Waals surface area contributed by atoms with Gasteiger partial charge in [0.25, 0.3) is 0 Å². The highest BCUT2D eigenvalue weighted by Gasteiger charge is 2.45. The summed E-state index contributed by atoms with van der Waals surface area (Å²) in [4.78, 5) is 12.8. The fourth-order valence-electron chi connectivity index (χ4n) is 6.99. The van der Waals surface area contributed by atoms with Crippen molar-refractivity contribution in [2.75, 3.05) is 0 Å². The first-order valence-electron chi connectivity index (χ1n) is 13.0. The molecule has 4 fully saturated rings. The monoisotopic (exact) mass is 426 g/mol. The van der Waals surface area contributed by atoms with E-state index < -0.39 is 0 Å². The molecular formula is C28H39FO2. The quantitative estimate of drug-likeness (QED) is 0.494. The largest absolute Gasteiger partial charge is 0.490 e. The van der Waals surface area contributed by atoms with E-state index in [1.165, 1.54) is 57.8 Å². The number of Topliss-reactive ketones (excluding diaryl/α,β-unsaturated/α-hetero) is 1. The minimum absolute atomic E-state index is 0.207. The molecule has 1 aromatic rings. The van der Waals surface area contributed by atoms with Crippen molar-refractivity contribution in [3.05, 3.63) is 29.1 Å². The Morgan fingerprint density at radius 3 is 2.26 bits per heavy atom. The van der Waals surface area contributed by atoms with Gasteiger partial charge in [0.1, 0.15) is 17.3 Å². The molecule has 0 aromatic heterocycles. The minimum atomic E-state index is -0.264. The van der Waals surface area contributed by atoms with Gasteiger partial charge in [-0.15, -0.1) is 0 Å². The molecule has 31 heavy (non-hydrogen) atoms. The molecule has 1 aromatic carbocycles. The van der Waals surface area contributed by atoms with E-state index >= 15 is 4.39 Å². The van der Waals surface area contributed by atoms with Crippen LogP contribution in [0, 0.1) is 30.0 Å². The van der Waals surface area contributed by atoms with Crippen LogP contribution in [0.5, 0.6) is 5.75 Å². The van der Waals surface area contributed by atoms with Crippen molar-refractivity contribution in [1.29, 1.82) is 0 Å². The third-order valence-corrected chi connectivity index (χ3v) is 9.21. The minimum Gasteiger partial charge on any atom is -0.490 e. The lowest BCUT2D eigenvalue weighted by Gasteiger charge is -2.36. The molecule has 0 saturated heterocycles.